The van der Waals surface area contributed by atoms with Crippen molar-refractivity contribution in [1.29, 1.82) is 0 Å². The minimum atomic E-state index is -3.38. The number of benzene rings is 2. The molecule has 1 heterocycles. The third-order valence-electron chi connectivity index (χ3n) is 4.32. The van der Waals surface area contributed by atoms with Crippen LogP contribution in [-0.2, 0) is 16.4 Å². The maximum Gasteiger partial charge on any atom is 0.280 e. The Morgan fingerprint density at radius 2 is 2.07 bits per heavy atom. The largest absolute Gasteiger partial charge is 0.312 e. The molecule has 0 unspecified atom stereocenters. The van der Waals surface area contributed by atoms with Crippen molar-refractivity contribution in [3.05, 3.63) is 75.1 Å². The van der Waals surface area contributed by atoms with Gasteiger partial charge in [-0.25, -0.2) is 8.42 Å². The van der Waals surface area contributed by atoms with E-state index in [-0.39, 0.29) is 21.7 Å². The second kappa shape index (κ2) is 7.72. The molecule has 0 radical (unpaired) electrons. The highest BCUT2D eigenvalue weighted by atomic mass is 32.2. The van der Waals surface area contributed by atoms with Gasteiger partial charge in [-0.3, -0.25) is 14.9 Å². The van der Waals surface area contributed by atoms with Gasteiger partial charge in [0.25, 0.3) is 11.6 Å². The molecular weight excluding hydrogens is 414 g/mol. The summed E-state index contributed by atoms with van der Waals surface area (Å²) in [7, 11) is -3.38. The van der Waals surface area contributed by atoms with Crippen LogP contribution in [0.5, 0.6) is 0 Å². The van der Waals surface area contributed by atoms with Crippen molar-refractivity contribution in [2.45, 2.75) is 18.4 Å². The van der Waals surface area contributed by atoms with E-state index < -0.39 is 20.7 Å². The summed E-state index contributed by atoms with van der Waals surface area (Å²) >= 11 is 1.16. The molecule has 0 aliphatic heterocycles. The van der Waals surface area contributed by atoms with Crippen LogP contribution >= 0.6 is 11.3 Å². The summed E-state index contributed by atoms with van der Waals surface area (Å²) in [4.78, 5) is 28.0. The SMILES string of the molecule is C=CCn1c(=NC(=O)c2cccc([N+](=O)[O-])c2C)sc2cc(S(C)(=O)=O)ccc21. The van der Waals surface area contributed by atoms with E-state index in [1.807, 2.05) is 0 Å². The van der Waals surface area contributed by atoms with Crippen molar-refractivity contribution in [3.63, 3.8) is 0 Å². The van der Waals surface area contributed by atoms with Gasteiger partial charge in [0, 0.05) is 24.4 Å². The molecule has 150 valence electrons. The number of carbonyl (C=O) groups is 1. The maximum absolute atomic E-state index is 12.8. The van der Waals surface area contributed by atoms with E-state index in [4.69, 9.17) is 0 Å². The molecule has 10 heteroatoms. The molecule has 8 nitrogen and oxygen atoms in total. The zero-order valence-corrected chi connectivity index (χ0v) is 17.3. The summed E-state index contributed by atoms with van der Waals surface area (Å²) in [5.74, 6) is -0.612. The van der Waals surface area contributed by atoms with Crippen LogP contribution in [0.25, 0.3) is 10.2 Å². The van der Waals surface area contributed by atoms with Crippen LogP contribution in [0.4, 0.5) is 5.69 Å². The first-order chi connectivity index (χ1) is 13.6. The summed E-state index contributed by atoms with van der Waals surface area (Å²) < 4.78 is 26.1. The number of nitro groups is 1. The number of amides is 1. The number of nitro benzene ring substituents is 1. The van der Waals surface area contributed by atoms with E-state index in [0.717, 1.165) is 17.6 Å². The molecule has 2 aromatic carbocycles. The molecule has 29 heavy (non-hydrogen) atoms. The van der Waals surface area contributed by atoms with E-state index in [1.54, 1.807) is 16.7 Å². The van der Waals surface area contributed by atoms with Gasteiger partial charge in [-0.15, -0.1) is 6.58 Å². The Balaban J connectivity index is 2.20. The van der Waals surface area contributed by atoms with Crippen molar-refractivity contribution in [2.75, 3.05) is 6.26 Å². The minimum Gasteiger partial charge on any atom is -0.312 e. The standard InChI is InChI=1S/C19H17N3O5S2/c1-4-10-21-16-9-8-13(29(3,26)27)11-17(16)28-19(21)20-18(23)14-6-5-7-15(12(14)2)22(24)25/h4-9,11H,1,10H2,2-3H3. The Hall–Kier alpha value is -3.11. The quantitative estimate of drug-likeness (QED) is 0.350. The normalized spacial score (nSPS) is 12.3. The highest BCUT2D eigenvalue weighted by molar-refractivity contribution is 7.90. The third kappa shape index (κ3) is 4.03. The second-order valence-electron chi connectivity index (χ2n) is 6.31. The molecule has 0 saturated carbocycles. The fourth-order valence-corrected chi connectivity index (χ4v) is 4.67. The molecule has 3 aromatic rings. The summed E-state index contributed by atoms with van der Waals surface area (Å²) in [5, 5.41) is 11.1. The third-order valence-corrected chi connectivity index (χ3v) is 6.47. The molecule has 1 amide bonds. The zero-order valence-electron chi connectivity index (χ0n) is 15.7. The molecule has 0 spiro atoms. The average molecular weight is 431 g/mol. The molecule has 0 aliphatic carbocycles. The summed E-state index contributed by atoms with van der Waals surface area (Å²) in [6, 6.07) is 8.96. The highest BCUT2D eigenvalue weighted by Gasteiger charge is 2.18. The number of rotatable bonds is 5. The van der Waals surface area contributed by atoms with Crippen LogP contribution in [0.1, 0.15) is 15.9 Å². The highest BCUT2D eigenvalue weighted by Crippen LogP contribution is 2.23. The monoisotopic (exact) mass is 431 g/mol. The van der Waals surface area contributed by atoms with E-state index in [2.05, 4.69) is 11.6 Å². The van der Waals surface area contributed by atoms with E-state index in [1.165, 1.54) is 37.3 Å². The number of hydrogen-bond acceptors (Lipinski definition) is 6. The van der Waals surface area contributed by atoms with Gasteiger partial charge in [-0.2, -0.15) is 4.99 Å². The molecule has 0 fully saturated rings. The van der Waals surface area contributed by atoms with E-state index >= 15 is 0 Å². The number of thiazole rings is 1. The molecule has 0 aliphatic rings. The Morgan fingerprint density at radius 3 is 2.69 bits per heavy atom. The fourth-order valence-electron chi connectivity index (χ4n) is 2.88. The fraction of sp³-hybridized carbons (Fsp3) is 0.158. The van der Waals surface area contributed by atoms with Gasteiger partial charge >= 0.3 is 0 Å². The number of hydrogen-bond donors (Lipinski definition) is 0. The van der Waals surface area contributed by atoms with Crippen LogP contribution in [0.15, 0.2) is 58.9 Å². The molecule has 3 rings (SSSR count). The van der Waals surface area contributed by atoms with Gasteiger partial charge in [-0.1, -0.05) is 23.5 Å². The van der Waals surface area contributed by atoms with Crippen LogP contribution in [-0.4, -0.2) is 30.1 Å². The molecule has 0 atom stereocenters. The van der Waals surface area contributed by atoms with Crippen molar-refractivity contribution >= 4 is 43.0 Å². The first-order valence-corrected chi connectivity index (χ1v) is 11.1. The van der Waals surface area contributed by atoms with Crippen molar-refractivity contribution in [2.24, 2.45) is 4.99 Å². The van der Waals surface area contributed by atoms with Gasteiger partial charge in [0.2, 0.25) is 0 Å². The van der Waals surface area contributed by atoms with Crippen LogP contribution in [0.2, 0.25) is 0 Å². The Labute approximate surface area is 170 Å². The Bertz CT molecular complexity index is 1330. The maximum atomic E-state index is 12.8. The Morgan fingerprint density at radius 1 is 1.34 bits per heavy atom. The van der Waals surface area contributed by atoms with Crippen LogP contribution < -0.4 is 4.80 Å². The lowest BCUT2D eigenvalue weighted by atomic mass is 10.1. The van der Waals surface area contributed by atoms with Crippen LogP contribution in [0, 0.1) is 17.0 Å². The van der Waals surface area contributed by atoms with Crippen molar-refractivity contribution < 1.29 is 18.1 Å². The first kappa shape index (κ1) is 20.6. The van der Waals surface area contributed by atoms with Gasteiger partial charge in [0.1, 0.15) is 0 Å². The zero-order chi connectivity index (χ0) is 21.3. The molecule has 0 N–H and O–H groups in total. The number of allylic oxidation sites excluding steroid dienone is 1. The number of carbonyl (C=O) groups excluding carboxylic acids is 1. The average Bonchev–Trinajstić information content (AvgIpc) is 2.97. The van der Waals surface area contributed by atoms with Crippen molar-refractivity contribution in [3.8, 4) is 0 Å². The molecular formula is C19H17N3O5S2. The lowest BCUT2D eigenvalue weighted by Gasteiger charge is -2.03. The smallest absolute Gasteiger partial charge is 0.280 e. The number of aromatic nitrogens is 1. The predicted molar refractivity (Wildman–Crippen MR) is 111 cm³/mol. The number of nitrogens with zero attached hydrogens (tertiary/aromatic N) is 3. The lowest BCUT2D eigenvalue weighted by Crippen LogP contribution is -2.16. The summed E-state index contributed by atoms with van der Waals surface area (Å²) in [6.07, 6.45) is 2.76. The number of sulfone groups is 1. The summed E-state index contributed by atoms with van der Waals surface area (Å²) in [5.41, 5.74) is 0.935. The predicted octanol–water partition coefficient (Wildman–Crippen LogP) is 3.25. The summed E-state index contributed by atoms with van der Waals surface area (Å²) in [6.45, 7) is 5.57. The molecule has 0 saturated heterocycles. The van der Waals surface area contributed by atoms with Gasteiger partial charge < -0.3 is 4.57 Å². The van der Waals surface area contributed by atoms with E-state index in [9.17, 15) is 23.3 Å². The Kier molecular flexibility index (Phi) is 5.49. The van der Waals surface area contributed by atoms with Gasteiger partial charge in [-0.05, 0) is 31.2 Å². The lowest BCUT2D eigenvalue weighted by molar-refractivity contribution is -0.385. The minimum absolute atomic E-state index is 0.138. The number of fused-ring (bicyclic) bond motifs is 1. The van der Waals surface area contributed by atoms with E-state index in [0.29, 0.717) is 21.6 Å². The van der Waals surface area contributed by atoms with Gasteiger partial charge in [0.15, 0.2) is 14.6 Å². The van der Waals surface area contributed by atoms with Crippen LogP contribution in [0.3, 0.4) is 0 Å². The topological polar surface area (TPSA) is 112 Å². The second-order valence-corrected chi connectivity index (χ2v) is 9.33. The van der Waals surface area contributed by atoms with Gasteiger partial charge in [0.05, 0.1) is 25.6 Å². The van der Waals surface area contributed by atoms with Crippen molar-refractivity contribution in [1.82, 2.24) is 4.57 Å². The molecule has 0 bridgehead atoms. The molecule has 1 aromatic heterocycles. The first-order valence-electron chi connectivity index (χ1n) is 8.41.